The first-order valence-electron chi connectivity index (χ1n) is 6.37. The minimum absolute atomic E-state index is 0.00225. The Morgan fingerprint density at radius 2 is 2.16 bits per heavy atom. The fourth-order valence-corrected chi connectivity index (χ4v) is 2.75. The Balaban J connectivity index is 2.45. The van der Waals surface area contributed by atoms with Crippen LogP contribution in [0.1, 0.15) is 31.1 Å². The van der Waals surface area contributed by atoms with Gasteiger partial charge >= 0.3 is 0 Å². The number of nitrogens with one attached hydrogen (secondary N) is 1. The highest BCUT2D eigenvalue weighted by molar-refractivity contribution is 9.10. The van der Waals surface area contributed by atoms with Gasteiger partial charge in [0.1, 0.15) is 5.82 Å². The number of aryl methyl sites for hydroxylation is 1. The smallest absolute Gasteiger partial charge is 0.124 e. The molecule has 0 saturated carbocycles. The third-order valence-electron chi connectivity index (χ3n) is 3.03. The second-order valence-electron chi connectivity index (χ2n) is 4.23. The average molecular weight is 326 g/mol. The lowest BCUT2D eigenvalue weighted by Crippen LogP contribution is -2.25. The molecule has 0 aliphatic rings. The van der Waals surface area contributed by atoms with E-state index in [1.54, 1.807) is 12.3 Å². The quantitative estimate of drug-likeness (QED) is 0.911. The summed E-state index contributed by atoms with van der Waals surface area (Å²) in [5, 5.41) is 7.72. The van der Waals surface area contributed by atoms with E-state index >= 15 is 0 Å². The maximum atomic E-state index is 13.2. The summed E-state index contributed by atoms with van der Waals surface area (Å²) in [4.78, 5) is 0. The highest BCUT2D eigenvalue weighted by atomic mass is 79.9. The molecule has 5 heteroatoms. The molecule has 1 unspecified atom stereocenters. The summed E-state index contributed by atoms with van der Waals surface area (Å²) in [6, 6.07) is 6.78. The molecule has 0 saturated heterocycles. The molecule has 0 fully saturated rings. The van der Waals surface area contributed by atoms with Gasteiger partial charge in [0.05, 0.1) is 11.7 Å². The number of hydrogen-bond acceptors (Lipinski definition) is 2. The van der Waals surface area contributed by atoms with Crippen LogP contribution in [0.4, 0.5) is 4.39 Å². The van der Waals surface area contributed by atoms with E-state index < -0.39 is 0 Å². The summed E-state index contributed by atoms with van der Waals surface area (Å²) in [5.74, 6) is -0.241. The van der Waals surface area contributed by atoms with Crippen molar-refractivity contribution in [3.63, 3.8) is 0 Å². The van der Waals surface area contributed by atoms with Crippen molar-refractivity contribution in [2.75, 3.05) is 6.54 Å². The van der Waals surface area contributed by atoms with Gasteiger partial charge < -0.3 is 5.32 Å². The molecule has 1 aromatic carbocycles. The standard InChI is InChI=1S/C14H17BrFN3/c1-3-17-14(13-7-8-18-19(13)4-2)11-6-5-10(16)9-12(11)15/h5-9,14,17H,3-4H2,1-2H3. The van der Waals surface area contributed by atoms with Gasteiger partial charge in [-0.15, -0.1) is 0 Å². The maximum absolute atomic E-state index is 13.2. The third kappa shape index (κ3) is 3.04. The topological polar surface area (TPSA) is 29.9 Å². The zero-order valence-corrected chi connectivity index (χ0v) is 12.6. The van der Waals surface area contributed by atoms with Crippen molar-refractivity contribution in [2.45, 2.75) is 26.4 Å². The van der Waals surface area contributed by atoms with Crippen LogP contribution in [0, 0.1) is 5.82 Å². The second kappa shape index (κ2) is 6.30. The molecule has 19 heavy (non-hydrogen) atoms. The first kappa shape index (κ1) is 14.2. The molecule has 0 spiro atoms. The average Bonchev–Trinajstić information content (AvgIpc) is 2.85. The van der Waals surface area contributed by atoms with Crippen molar-refractivity contribution in [2.24, 2.45) is 0 Å². The lowest BCUT2D eigenvalue weighted by molar-refractivity contribution is 0.540. The molecule has 0 bridgehead atoms. The molecule has 0 amide bonds. The Kier molecular flexibility index (Phi) is 4.71. The highest BCUT2D eigenvalue weighted by Gasteiger charge is 2.19. The van der Waals surface area contributed by atoms with E-state index in [9.17, 15) is 4.39 Å². The number of nitrogens with zero attached hydrogens (tertiary/aromatic N) is 2. The van der Waals surface area contributed by atoms with Gasteiger partial charge in [0, 0.05) is 17.2 Å². The summed E-state index contributed by atoms with van der Waals surface area (Å²) >= 11 is 3.44. The molecule has 102 valence electrons. The predicted octanol–water partition coefficient (Wildman–Crippen LogP) is 3.50. The molecule has 2 rings (SSSR count). The number of hydrogen-bond donors (Lipinski definition) is 1. The summed E-state index contributed by atoms with van der Waals surface area (Å²) in [7, 11) is 0. The Morgan fingerprint density at radius 3 is 2.79 bits per heavy atom. The zero-order chi connectivity index (χ0) is 13.8. The van der Waals surface area contributed by atoms with E-state index in [1.807, 2.05) is 10.7 Å². The first-order chi connectivity index (χ1) is 9.17. The molecule has 0 radical (unpaired) electrons. The Morgan fingerprint density at radius 1 is 1.37 bits per heavy atom. The van der Waals surface area contributed by atoms with Gasteiger partial charge in [-0.3, -0.25) is 4.68 Å². The largest absolute Gasteiger partial charge is 0.305 e. The number of aromatic nitrogens is 2. The van der Waals surface area contributed by atoms with Gasteiger partial charge in [0.2, 0.25) is 0 Å². The van der Waals surface area contributed by atoms with Gasteiger partial charge in [0.15, 0.2) is 0 Å². The van der Waals surface area contributed by atoms with Crippen LogP contribution >= 0.6 is 15.9 Å². The van der Waals surface area contributed by atoms with E-state index in [1.165, 1.54) is 12.1 Å². The lowest BCUT2D eigenvalue weighted by atomic mass is 10.0. The summed E-state index contributed by atoms with van der Waals surface area (Å²) in [6.07, 6.45) is 1.79. The summed E-state index contributed by atoms with van der Waals surface area (Å²) < 4.78 is 15.9. The van der Waals surface area contributed by atoms with Crippen LogP contribution in [-0.4, -0.2) is 16.3 Å². The molecule has 3 nitrogen and oxygen atoms in total. The van der Waals surface area contributed by atoms with E-state index in [4.69, 9.17) is 0 Å². The zero-order valence-electron chi connectivity index (χ0n) is 11.0. The van der Waals surface area contributed by atoms with Crippen molar-refractivity contribution >= 4 is 15.9 Å². The van der Waals surface area contributed by atoms with Crippen LogP contribution in [0.3, 0.4) is 0 Å². The molecular formula is C14H17BrFN3. The molecule has 0 aliphatic heterocycles. The Bertz CT molecular complexity index is 553. The SMILES string of the molecule is CCNC(c1ccc(F)cc1Br)c1ccnn1CC. The molecule has 1 heterocycles. The predicted molar refractivity (Wildman–Crippen MR) is 77.5 cm³/mol. The number of benzene rings is 1. The van der Waals surface area contributed by atoms with E-state index in [2.05, 4.69) is 40.2 Å². The molecule has 1 aromatic heterocycles. The monoisotopic (exact) mass is 325 g/mol. The second-order valence-corrected chi connectivity index (χ2v) is 5.08. The molecule has 1 atom stereocenters. The minimum atomic E-state index is -0.241. The lowest BCUT2D eigenvalue weighted by Gasteiger charge is -2.20. The van der Waals surface area contributed by atoms with Crippen molar-refractivity contribution in [3.8, 4) is 0 Å². The highest BCUT2D eigenvalue weighted by Crippen LogP contribution is 2.29. The Labute approximate surface area is 121 Å². The fourth-order valence-electron chi connectivity index (χ4n) is 2.17. The van der Waals surface area contributed by atoms with Crippen molar-refractivity contribution in [1.29, 1.82) is 0 Å². The van der Waals surface area contributed by atoms with Crippen LogP contribution in [-0.2, 0) is 6.54 Å². The van der Waals surface area contributed by atoms with Crippen molar-refractivity contribution < 1.29 is 4.39 Å². The van der Waals surface area contributed by atoms with Gasteiger partial charge in [-0.05, 0) is 37.2 Å². The Hall–Kier alpha value is -1.20. The first-order valence-corrected chi connectivity index (χ1v) is 7.16. The van der Waals surface area contributed by atoms with Gasteiger partial charge in [-0.1, -0.05) is 28.9 Å². The maximum Gasteiger partial charge on any atom is 0.124 e. The third-order valence-corrected chi connectivity index (χ3v) is 3.71. The van der Waals surface area contributed by atoms with Crippen LogP contribution in [0.15, 0.2) is 34.9 Å². The number of rotatable bonds is 5. The minimum Gasteiger partial charge on any atom is -0.305 e. The molecular weight excluding hydrogens is 309 g/mol. The summed E-state index contributed by atoms with van der Waals surface area (Å²) in [5.41, 5.74) is 2.09. The molecule has 0 aliphatic carbocycles. The van der Waals surface area contributed by atoms with E-state index in [-0.39, 0.29) is 11.9 Å². The van der Waals surface area contributed by atoms with Gasteiger partial charge in [-0.25, -0.2) is 4.39 Å². The van der Waals surface area contributed by atoms with E-state index in [0.29, 0.717) is 0 Å². The van der Waals surface area contributed by atoms with Crippen LogP contribution < -0.4 is 5.32 Å². The van der Waals surface area contributed by atoms with Crippen LogP contribution in [0.25, 0.3) is 0 Å². The van der Waals surface area contributed by atoms with Crippen molar-refractivity contribution in [3.05, 3.63) is 52.0 Å². The molecule has 1 N–H and O–H groups in total. The van der Waals surface area contributed by atoms with Crippen molar-refractivity contribution in [1.82, 2.24) is 15.1 Å². The van der Waals surface area contributed by atoms with Gasteiger partial charge in [-0.2, -0.15) is 5.10 Å². The van der Waals surface area contributed by atoms with Crippen LogP contribution in [0.2, 0.25) is 0 Å². The van der Waals surface area contributed by atoms with Crippen LogP contribution in [0.5, 0.6) is 0 Å². The van der Waals surface area contributed by atoms with Gasteiger partial charge in [0.25, 0.3) is 0 Å². The van der Waals surface area contributed by atoms with E-state index in [0.717, 1.165) is 28.8 Å². The molecule has 2 aromatic rings. The summed E-state index contributed by atoms with van der Waals surface area (Å²) in [6.45, 7) is 5.74. The normalized spacial score (nSPS) is 12.6. The number of halogens is 2. The fraction of sp³-hybridized carbons (Fsp3) is 0.357.